The number of aromatic nitrogens is 2. The summed E-state index contributed by atoms with van der Waals surface area (Å²) in [6, 6.07) is 2.97. The second-order valence-electron chi connectivity index (χ2n) is 7.47. The van der Waals surface area contributed by atoms with Crippen LogP contribution in [-0.4, -0.2) is 52.6 Å². The topological polar surface area (TPSA) is 117 Å². The summed E-state index contributed by atoms with van der Waals surface area (Å²) < 4.78 is 53.6. The molecular weight excluding hydrogens is 478 g/mol. The summed E-state index contributed by atoms with van der Waals surface area (Å²) >= 11 is 6.55. The zero-order valence-corrected chi connectivity index (χ0v) is 20.6. The lowest BCUT2D eigenvalue weighted by atomic mass is 10.0. The molecule has 1 aliphatic rings. The first-order chi connectivity index (χ1) is 15.1. The van der Waals surface area contributed by atoms with Crippen LogP contribution in [-0.2, 0) is 26.9 Å². The summed E-state index contributed by atoms with van der Waals surface area (Å²) in [7, 11) is -3.50. The Morgan fingerprint density at radius 3 is 2.56 bits per heavy atom. The molecule has 1 aromatic carbocycles. The highest BCUT2D eigenvalue weighted by Gasteiger charge is 2.27. The van der Waals surface area contributed by atoms with Crippen molar-refractivity contribution in [1.29, 1.82) is 0 Å². The maximum atomic E-state index is 13.3. The smallest absolute Gasteiger partial charge is 0.310 e. The molecule has 0 unspecified atom stereocenters. The average molecular weight is 504 g/mol. The molecule has 1 saturated heterocycles. The number of halogens is 1. The van der Waals surface area contributed by atoms with E-state index < -0.39 is 25.6 Å². The van der Waals surface area contributed by atoms with Crippen LogP contribution < -0.4 is 8.92 Å². The van der Waals surface area contributed by atoms with E-state index in [1.54, 1.807) is 6.92 Å². The van der Waals surface area contributed by atoms with Gasteiger partial charge in [-0.3, -0.25) is 4.79 Å². The summed E-state index contributed by atoms with van der Waals surface area (Å²) in [6.07, 6.45) is 4.20. The number of hydrogen-bond donors (Lipinski definition) is 0. The second-order valence-corrected chi connectivity index (χ2v) is 12.1. The normalized spacial score (nSPS) is 15.9. The number of rotatable bonds is 8. The highest BCUT2D eigenvalue weighted by molar-refractivity contribution is 7.93. The van der Waals surface area contributed by atoms with Gasteiger partial charge < -0.3 is 8.92 Å². The summed E-state index contributed by atoms with van der Waals surface area (Å²) in [4.78, 5) is 13.3. The lowest BCUT2D eigenvalue weighted by Crippen LogP contribution is -2.17. The zero-order valence-electron chi connectivity index (χ0n) is 18.2. The number of carbonyl (C=O) groups is 1. The minimum atomic E-state index is -3.89. The van der Waals surface area contributed by atoms with Crippen LogP contribution in [0.2, 0.25) is 5.02 Å². The monoisotopic (exact) mass is 503 g/mol. The van der Waals surface area contributed by atoms with Crippen molar-refractivity contribution in [2.75, 3.05) is 24.4 Å². The number of benzene rings is 1. The van der Waals surface area contributed by atoms with E-state index in [0.717, 1.165) is 19.3 Å². The number of aryl methyl sites for hydroxylation is 1. The Bertz CT molecular complexity index is 1230. The molecule has 32 heavy (non-hydrogen) atoms. The molecule has 2 heterocycles. The number of hydrogen-bond acceptors (Lipinski definition) is 8. The molecule has 1 fully saturated rings. The second kappa shape index (κ2) is 9.80. The van der Waals surface area contributed by atoms with Gasteiger partial charge in [0.05, 0.1) is 33.8 Å². The number of nitrogens with zero attached hydrogens (tertiary/aromatic N) is 3. The molecular formula is C20H26ClN3O6S2. The fourth-order valence-corrected chi connectivity index (χ4v) is 6.97. The van der Waals surface area contributed by atoms with Gasteiger partial charge in [0.2, 0.25) is 11.7 Å². The standard InChI is InChI=1S/C20H26ClN3O6S2/c1-4-10-32(27,28)30-20-15(13-22-24(20)2)19(25)14-8-9-16(29-3)18(17(14)21)23-31(26)11-6-5-7-12-31/h8-9,13H,4-7,10-12H2,1-3H3. The molecule has 0 saturated carbocycles. The van der Waals surface area contributed by atoms with Crippen LogP contribution in [0.15, 0.2) is 22.7 Å². The molecule has 0 radical (unpaired) electrons. The molecule has 3 rings (SSSR count). The highest BCUT2D eigenvalue weighted by Crippen LogP contribution is 2.40. The molecule has 0 spiro atoms. The van der Waals surface area contributed by atoms with Crippen molar-refractivity contribution in [2.24, 2.45) is 11.4 Å². The van der Waals surface area contributed by atoms with Gasteiger partial charge in [0.15, 0.2) is 0 Å². The highest BCUT2D eigenvalue weighted by atomic mass is 35.5. The number of carbonyl (C=O) groups excluding carboxylic acids is 1. The molecule has 0 aliphatic carbocycles. The fraction of sp³-hybridized carbons (Fsp3) is 0.500. The Balaban J connectivity index is 2.08. The Hall–Kier alpha value is -2.11. The molecule has 0 amide bonds. The zero-order chi connectivity index (χ0) is 23.5. The Labute approximate surface area is 193 Å². The van der Waals surface area contributed by atoms with Crippen molar-refractivity contribution >= 4 is 42.9 Å². The van der Waals surface area contributed by atoms with Gasteiger partial charge in [0.25, 0.3) is 0 Å². The van der Waals surface area contributed by atoms with Gasteiger partial charge in [-0.15, -0.1) is 0 Å². The van der Waals surface area contributed by atoms with Crippen LogP contribution in [0.5, 0.6) is 11.6 Å². The third-order valence-electron chi connectivity index (χ3n) is 5.02. The van der Waals surface area contributed by atoms with Crippen molar-refractivity contribution in [3.05, 3.63) is 34.5 Å². The van der Waals surface area contributed by atoms with Crippen molar-refractivity contribution < 1.29 is 26.3 Å². The quantitative estimate of drug-likeness (QED) is 0.398. The maximum absolute atomic E-state index is 13.3. The lowest BCUT2D eigenvalue weighted by molar-refractivity contribution is 0.103. The van der Waals surface area contributed by atoms with Gasteiger partial charge in [-0.05, 0) is 31.4 Å². The van der Waals surface area contributed by atoms with Crippen molar-refractivity contribution in [3.63, 3.8) is 0 Å². The summed E-state index contributed by atoms with van der Waals surface area (Å²) in [5, 5.41) is 3.95. The van der Waals surface area contributed by atoms with E-state index in [0.29, 0.717) is 23.7 Å². The first-order valence-corrected chi connectivity index (χ1v) is 14.0. The number of ketones is 1. The van der Waals surface area contributed by atoms with E-state index >= 15 is 0 Å². The first-order valence-electron chi connectivity index (χ1n) is 10.2. The van der Waals surface area contributed by atoms with Gasteiger partial charge in [-0.2, -0.15) is 17.9 Å². The molecule has 9 nitrogen and oxygen atoms in total. The van der Waals surface area contributed by atoms with Crippen LogP contribution in [0.1, 0.15) is 48.5 Å². The van der Waals surface area contributed by atoms with Crippen LogP contribution in [0.4, 0.5) is 5.69 Å². The van der Waals surface area contributed by atoms with E-state index in [2.05, 4.69) is 9.46 Å². The predicted octanol–water partition coefficient (Wildman–Crippen LogP) is 3.72. The molecule has 0 N–H and O–H groups in total. The Morgan fingerprint density at radius 2 is 1.94 bits per heavy atom. The van der Waals surface area contributed by atoms with E-state index in [-0.39, 0.29) is 33.5 Å². The summed E-state index contributed by atoms with van der Waals surface area (Å²) in [6.45, 7) is 1.70. The third kappa shape index (κ3) is 5.26. The molecule has 2 aromatic rings. The summed E-state index contributed by atoms with van der Waals surface area (Å²) in [5.74, 6) is 0.218. The first kappa shape index (κ1) is 24.5. The van der Waals surface area contributed by atoms with Crippen LogP contribution in [0.3, 0.4) is 0 Å². The van der Waals surface area contributed by atoms with Gasteiger partial charge in [0, 0.05) is 24.1 Å². The largest absolute Gasteiger partial charge is 0.494 e. The fourth-order valence-electron chi connectivity index (χ4n) is 3.40. The molecule has 0 atom stereocenters. The maximum Gasteiger partial charge on any atom is 0.310 e. The van der Waals surface area contributed by atoms with Crippen molar-refractivity contribution in [3.8, 4) is 11.6 Å². The number of methoxy groups -OCH3 is 1. The number of ether oxygens (including phenoxy) is 1. The molecule has 12 heteroatoms. The van der Waals surface area contributed by atoms with Crippen LogP contribution in [0.25, 0.3) is 0 Å². The third-order valence-corrected chi connectivity index (χ3v) is 9.09. The molecule has 1 aliphatic heterocycles. The van der Waals surface area contributed by atoms with Gasteiger partial charge in [-0.1, -0.05) is 24.9 Å². The van der Waals surface area contributed by atoms with Gasteiger partial charge >= 0.3 is 10.1 Å². The molecule has 176 valence electrons. The van der Waals surface area contributed by atoms with Crippen LogP contribution >= 0.6 is 11.6 Å². The van der Waals surface area contributed by atoms with E-state index in [1.165, 1.54) is 37.2 Å². The lowest BCUT2D eigenvalue weighted by Gasteiger charge is -2.17. The Morgan fingerprint density at radius 1 is 1.25 bits per heavy atom. The van der Waals surface area contributed by atoms with E-state index in [1.807, 2.05) is 0 Å². The SMILES string of the molecule is CCCS(=O)(=O)Oc1c(C(=O)c2ccc(OC)c(N=S3(=O)CCCCC3)c2Cl)cnn1C. The van der Waals surface area contributed by atoms with Crippen molar-refractivity contribution in [1.82, 2.24) is 9.78 Å². The van der Waals surface area contributed by atoms with E-state index in [4.69, 9.17) is 20.5 Å². The van der Waals surface area contributed by atoms with Crippen molar-refractivity contribution in [2.45, 2.75) is 32.6 Å². The Kier molecular flexibility index (Phi) is 7.51. The summed E-state index contributed by atoms with van der Waals surface area (Å²) in [5.41, 5.74) is 0.139. The molecule has 1 aromatic heterocycles. The minimum Gasteiger partial charge on any atom is -0.494 e. The van der Waals surface area contributed by atoms with E-state index in [9.17, 15) is 17.4 Å². The average Bonchev–Trinajstić information content (AvgIpc) is 3.09. The van der Waals surface area contributed by atoms with Gasteiger partial charge in [-0.25, -0.2) is 8.89 Å². The molecule has 0 bridgehead atoms. The minimum absolute atomic E-state index is 0.0196. The van der Waals surface area contributed by atoms with Crippen LogP contribution in [0, 0.1) is 0 Å². The van der Waals surface area contributed by atoms with Gasteiger partial charge in [0.1, 0.15) is 17.0 Å². The predicted molar refractivity (Wildman–Crippen MR) is 123 cm³/mol.